The van der Waals surface area contributed by atoms with E-state index in [2.05, 4.69) is 29.8 Å². The van der Waals surface area contributed by atoms with E-state index in [1.165, 1.54) is 32.1 Å². The molecule has 0 aromatic heterocycles. The molecule has 2 aliphatic carbocycles. The first kappa shape index (κ1) is 23.2. The van der Waals surface area contributed by atoms with Crippen molar-refractivity contribution in [1.29, 1.82) is 0 Å². The molecule has 3 N–H and O–H groups in total. The maximum Gasteiger partial charge on any atom is 0.135 e. The van der Waals surface area contributed by atoms with Gasteiger partial charge in [0.2, 0.25) is 0 Å². The van der Waals surface area contributed by atoms with Gasteiger partial charge in [0.25, 0.3) is 0 Å². The van der Waals surface area contributed by atoms with Crippen LogP contribution >= 0.6 is 0 Å². The quantitative estimate of drug-likeness (QED) is 0.542. The van der Waals surface area contributed by atoms with Crippen molar-refractivity contribution in [1.82, 2.24) is 16.0 Å². The second kappa shape index (κ2) is 11.8. The molecule has 1 aliphatic heterocycles. The van der Waals surface area contributed by atoms with Gasteiger partial charge in [0.05, 0.1) is 6.10 Å². The Labute approximate surface area is 178 Å². The number of nitrogens with one attached hydrogen (secondary N) is 3. The van der Waals surface area contributed by atoms with Gasteiger partial charge in [-0.1, -0.05) is 20.3 Å². The minimum absolute atomic E-state index is 0.226. The molecule has 0 aromatic rings. The van der Waals surface area contributed by atoms with E-state index in [0.29, 0.717) is 29.8 Å². The largest absolute Gasteiger partial charge is 0.381 e. The van der Waals surface area contributed by atoms with E-state index in [4.69, 9.17) is 4.74 Å². The molecule has 29 heavy (non-hydrogen) atoms. The summed E-state index contributed by atoms with van der Waals surface area (Å²) in [4.78, 5) is 12.5. The van der Waals surface area contributed by atoms with Crippen molar-refractivity contribution < 1.29 is 9.53 Å². The highest BCUT2D eigenvalue weighted by molar-refractivity contribution is 5.81. The lowest BCUT2D eigenvalue weighted by Crippen LogP contribution is -2.63. The van der Waals surface area contributed by atoms with Crippen molar-refractivity contribution in [2.24, 2.45) is 23.7 Å². The third-order valence-electron chi connectivity index (χ3n) is 8.05. The molecule has 2 saturated carbocycles. The number of rotatable bonds is 9. The summed E-state index contributed by atoms with van der Waals surface area (Å²) < 4.78 is 5.52. The highest BCUT2D eigenvalue weighted by Gasteiger charge is 2.32. The van der Waals surface area contributed by atoms with Crippen molar-refractivity contribution in [2.45, 2.75) is 103 Å². The molecule has 0 amide bonds. The highest BCUT2D eigenvalue weighted by Crippen LogP contribution is 2.32. The Morgan fingerprint density at radius 3 is 2.24 bits per heavy atom. The first-order valence-corrected chi connectivity index (χ1v) is 12.4. The molecule has 5 nitrogen and oxygen atoms in total. The molecule has 0 radical (unpaired) electrons. The summed E-state index contributed by atoms with van der Waals surface area (Å²) in [5, 5.41) is 11.1. The van der Waals surface area contributed by atoms with Crippen LogP contribution in [0.15, 0.2) is 0 Å². The number of hydrogen-bond donors (Lipinski definition) is 3. The van der Waals surface area contributed by atoms with Crippen LogP contribution in [0.2, 0.25) is 0 Å². The minimum atomic E-state index is 0.226. The molecule has 3 aliphatic rings. The second-order valence-corrected chi connectivity index (χ2v) is 10.0. The minimum Gasteiger partial charge on any atom is -0.381 e. The van der Waals surface area contributed by atoms with Gasteiger partial charge in [-0.05, 0) is 75.5 Å². The van der Waals surface area contributed by atoms with Crippen LogP contribution in [0.1, 0.15) is 84.5 Å². The molecule has 1 atom stereocenters. The zero-order valence-electron chi connectivity index (χ0n) is 19.1. The van der Waals surface area contributed by atoms with E-state index < -0.39 is 0 Å². The van der Waals surface area contributed by atoms with Gasteiger partial charge in [-0.3, -0.25) is 20.7 Å². The molecule has 3 fully saturated rings. The summed E-state index contributed by atoms with van der Waals surface area (Å²) in [6.07, 6.45) is 13.2. The second-order valence-electron chi connectivity index (χ2n) is 10.0. The summed E-state index contributed by atoms with van der Waals surface area (Å²) in [5.74, 6) is 3.09. The molecule has 1 heterocycles. The van der Waals surface area contributed by atoms with E-state index >= 15 is 0 Å². The maximum atomic E-state index is 12.5. The monoisotopic (exact) mass is 407 g/mol. The number of ether oxygens (including phenoxy) is 1. The van der Waals surface area contributed by atoms with Gasteiger partial charge in [0.15, 0.2) is 0 Å². The topological polar surface area (TPSA) is 62.4 Å². The number of hydrogen-bond acceptors (Lipinski definition) is 5. The molecule has 5 heteroatoms. The first-order chi connectivity index (χ1) is 14.1. The van der Waals surface area contributed by atoms with Crippen molar-refractivity contribution >= 4 is 5.78 Å². The van der Waals surface area contributed by atoms with Gasteiger partial charge in [0.1, 0.15) is 12.1 Å². The molecule has 0 bridgehead atoms. The number of Topliss-reactive ketones (excluding diaryl/α,β-unsaturated/α-hetero) is 1. The van der Waals surface area contributed by atoms with Crippen molar-refractivity contribution in [2.75, 3.05) is 20.2 Å². The van der Waals surface area contributed by atoms with Gasteiger partial charge >= 0.3 is 0 Å². The van der Waals surface area contributed by atoms with Gasteiger partial charge in [-0.25, -0.2) is 0 Å². The Morgan fingerprint density at radius 1 is 1.00 bits per heavy atom. The highest BCUT2D eigenvalue weighted by atomic mass is 16.5. The molecular weight excluding hydrogens is 362 g/mol. The SMILES string of the molecule is CCC(C)CCC(=O)C1CCC(NC2NCC(C3CCC(OC)CC3)CN2)CC1. The third-order valence-corrected chi connectivity index (χ3v) is 8.05. The summed E-state index contributed by atoms with van der Waals surface area (Å²) in [5.41, 5.74) is 0. The smallest absolute Gasteiger partial charge is 0.135 e. The number of carbonyl (C=O) groups excluding carboxylic acids is 1. The zero-order chi connectivity index (χ0) is 20.6. The fourth-order valence-electron chi connectivity index (χ4n) is 5.54. The van der Waals surface area contributed by atoms with Gasteiger partial charge in [-0.15, -0.1) is 0 Å². The van der Waals surface area contributed by atoms with Crippen LogP contribution < -0.4 is 16.0 Å². The van der Waals surface area contributed by atoms with E-state index in [0.717, 1.165) is 63.5 Å². The Morgan fingerprint density at radius 2 is 1.66 bits per heavy atom. The van der Waals surface area contributed by atoms with Crippen LogP contribution in [-0.4, -0.2) is 44.4 Å². The molecule has 168 valence electrons. The van der Waals surface area contributed by atoms with Crippen LogP contribution in [0.3, 0.4) is 0 Å². The Bertz CT molecular complexity index is 477. The van der Waals surface area contributed by atoms with E-state index in [9.17, 15) is 4.79 Å². The van der Waals surface area contributed by atoms with E-state index in [-0.39, 0.29) is 6.29 Å². The number of carbonyl (C=O) groups is 1. The lowest BCUT2D eigenvalue weighted by molar-refractivity contribution is -0.124. The van der Waals surface area contributed by atoms with Crippen LogP contribution in [0, 0.1) is 23.7 Å². The maximum absolute atomic E-state index is 12.5. The van der Waals surface area contributed by atoms with Crippen LogP contribution in [0.5, 0.6) is 0 Å². The number of methoxy groups -OCH3 is 1. The molecular formula is C24H45N3O2. The van der Waals surface area contributed by atoms with Crippen LogP contribution in [0.4, 0.5) is 0 Å². The van der Waals surface area contributed by atoms with Crippen LogP contribution in [0.25, 0.3) is 0 Å². The zero-order valence-corrected chi connectivity index (χ0v) is 19.1. The molecule has 0 spiro atoms. The molecule has 1 unspecified atom stereocenters. The summed E-state index contributed by atoms with van der Waals surface area (Å²) in [6, 6.07) is 0.535. The van der Waals surface area contributed by atoms with Gasteiger partial charge in [-0.2, -0.15) is 0 Å². The fourth-order valence-corrected chi connectivity index (χ4v) is 5.54. The Kier molecular flexibility index (Phi) is 9.42. The normalized spacial score (nSPS) is 37.2. The molecule has 3 rings (SSSR count). The van der Waals surface area contributed by atoms with Crippen molar-refractivity contribution in [3.63, 3.8) is 0 Å². The average molecular weight is 408 g/mol. The van der Waals surface area contributed by atoms with E-state index in [1.807, 2.05) is 7.11 Å². The molecule has 1 saturated heterocycles. The third kappa shape index (κ3) is 7.02. The summed E-state index contributed by atoms with van der Waals surface area (Å²) >= 11 is 0. The first-order valence-electron chi connectivity index (χ1n) is 12.4. The van der Waals surface area contributed by atoms with Gasteiger partial charge in [0, 0.05) is 38.6 Å². The Hall–Kier alpha value is -0.490. The van der Waals surface area contributed by atoms with Gasteiger partial charge < -0.3 is 4.74 Å². The number of ketones is 1. The molecule has 0 aromatic carbocycles. The predicted octanol–water partition coefficient (Wildman–Crippen LogP) is 3.83. The lowest BCUT2D eigenvalue weighted by atomic mass is 9.78. The summed E-state index contributed by atoms with van der Waals surface area (Å²) in [6.45, 7) is 6.69. The van der Waals surface area contributed by atoms with E-state index in [1.54, 1.807) is 0 Å². The average Bonchev–Trinajstić information content (AvgIpc) is 2.78. The van der Waals surface area contributed by atoms with Crippen molar-refractivity contribution in [3.8, 4) is 0 Å². The standard InChI is InChI=1S/C24H45N3O2/c1-4-17(2)5-14-23(28)19-6-10-21(11-7-19)27-24-25-15-20(16-26-24)18-8-12-22(29-3)13-9-18/h17-22,24-27H,4-16H2,1-3H3. The Balaban J connectivity index is 1.30. The fraction of sp³-hybridized carbons (Fsp3) is 0.958. The summed E-state index contributed by atoms with van der Waals surface area (Å²) in [7, 11) is 1.85. The predicted molar refractivity (Wildman–Crippen MR) is 119 cm³/mol. The lowest BCUT2D eigenvalue weighted by Gasteiger charge is -2.40. The van der Waals surface area contributed by atoms with Crippen molar-refractivity contribution in [3.05, 3.63) is 0 Å². The van der Waals surface area contributed by atoms with Crippen LogP contribution in [-0.2, 0) is 9.53 Å².